The molecule has 0 bridgehead atoms. The van der Waals surface area contributed by atoms with Crippen LogP contribution >= 0.6 is 11.3 Å². The Morgan fingerprint density at radius 1 is 1.17 bits per heavy atom. The number of aromatic nitrogens is 2. The van der Waals surface area contributed by atoms with Crippen LogP contribution in [0.3, 0.4) is 0 Å². The van der Waals surface area contributed by atoms with E-state index in [-0.39, 0.29) is 12.4 Å². The monoisotopic (exact) mass is 425 g/mol. The van der Waals surface area contributed by atoms with Gasteiger partial charge in [0.25, 0.3) is 5.56 Å². The van der Waals surface area contributed by atoms with E-state index in [9.17, 15) is 4.79 Å². The van der Waals surface area contributed by atoms with Gasteiger partial charge in [-0.3, -0.25) is 14.1 Å². The van der Waals surface area contributed by atoms with E-state index in [2.05, 4.69) is 30.9 Å². The van der Waals surface area contributed by atoms with Crippen molar-refractivity contribution >= 4 is 16.3 Å². The number of rotatable bonds is 5. The Balaban J connectivity index is 1.46. The lowest BCUT2D eigenvalue weighted by Crippen LogP contribution is -2.43. The zero-order valence-electron chi connectivity index (χ0n) is 17.4. The quantitative estimate of drug-likeness (QED) is 0.610. The van der Waals surface area contributed by atoms with Gasteiger partial charge in [0.2, 0.25) is 6.79 Å². The second-order valence-electron chi connectivity index (χ2n) is 8.57. The molecule has 158 valence electrons. The molecule has 6 nitrogen and oxygen atoms in total. The second-order valence-corrected chi connectivity index (χ2v) is 9.44. The van der Waals surface area contributed by atoms with E-state index in [0.717, 1.165) is 28.7 Å². The molecule has 0 spiro atoms. The normalized spacial score (nSPS) is 23.4. The lowest BCUT2D eigenvalue weighted by Gasteiger charge is -2.41. The van der Waals surface area contributed by atoms with E-state index < -0.39 is 0 Å². The van der Waals surface area contributed by atoms with Gasteiger partial charge in [0, 0.05) is 36.8 Å². The summed E-state index contributed by atoms with van der Waals surface area (Å²) in [5, 5.41) is 1.91. The van der Waals surface area contributed by atoms with E-state index in [1.54, 1.807) is 16.7 Å². The molecule has 0 radical (unpaired) electrons. The fraction of sp³-hybridized carbons (Fsp3) is 0.478. The molecule has 1 aliphatic heterocycles. The molecule has 3 unspecified atom stereocenters. The highest BCUT2D eigenvalue weighted by molar-refractivity contribution is 7.15. The van der Waals surface area contributed by atoms with Gasteiger partial charge in [-0.05, 0) is 36.0 Å². The van der Waals surface area contributed by atoms with Crippen LogP contribution in [0.1, 0.15) is 44.4 Å². The average molecular weight is 426 g/mol. The topological polar surface area (TPSA) is 56.1 Å². The van der Waals surface area contributed by atoms with Gasteiger partial charge < -0.3 is 9.47 Å². The predicted octanol–water partition coefficient (Wildman–Crippen LogP) is 4.31. The summed E-state index contributed by atoms with van der Waals surface area (Å²) in [6.45, 7) is 6.47. The van der Waals surface area contributed by atoms with Gasteiger partial charge in [0.05, 0.1) is 5.69 Å². The highest BCUT2D eigenvalue weighted by Gasteiger charge is 2.32. The number of benzene rings is 1. The molecule has 1 aromatic carbocycles. The summed E-state index contributed by atoms with van der Waals surface area (Å²) < 4.78 is 12.7. The zero-order valence-corrected chi connectivity index (χ0v) is 18.2. The van der Waals surface area contributed by atoms with Crippen LogP contribution in [0.15, 0.2) is 40.6 Å². The first-order valence-electron chi connectivity index (χ1n) is 10.7. The third kappa shape index (κ3) is 3.72. The number of hydrogen-bond donors (Lipinski definition) is 0. The van der Waals surface area contributed by atoms with Crippen molar-refractivity contribution in [3.63, 3.8) is 0 Å². The molecule has 1 saturated carbocycles. The van der Waals surface area contributed by atoms with Crippen LogP contribution in [0.4, 0.5) is 0 Å². The zero-order chi connectivity index (χ0) is 20.7. The van der Waals surface area contributed by atoms with Crippen LogP contribution in [-0.2, 0) is 13.1 Å². The van der Waals surface area contributed by atoms with E-state index in [0.29, 0.717) is 24.4 Å². The van der Waals surface area contributed by atoms with Crippen LogP contribution in [0, 0.1) is 11.8 Å². The van der Waals surface area contributed by atoms with Gasteiger partial charge in [-0.1, -0.05) is 32.8 Å². The Bertz CT molecular complexity index is 1110. The maximum Gasteiger partial charge on any atom is 0.258 e. The van der Waals surface area contributed by atoms with Crippen molar-refractivity contribution in [3.8, 4) is 11.5 Å². The molecule has 3 heterocycles. The molecule has 3 atom stereocenters. The van der Waals surface area contributed by atoms with Gasteiger partial charge in [-0.15, -0.1) is 11.3 Å². The molecule has 2 aliphatic rings. The SMILES string of the molecule is CC1CCCC(N(Cc2ccc3c(c2)OCO3)Cc2cc(=O)n3ccsc3n2)C1C. The summed E-state index contributed by atoms with van der Waals surface area (Å²) in [5.74, 6) is 2.91. The van der Waals surface area contributed by atoms with Gasteiger partial charge in [0.15, 0.2) is 16.5 Å². The van der Waals surface area contributed by atoms with Crippen LogP contribution in [-0.4, -0.2) is 27.1 Å². The number of nitrogens with zero attached hydrogens (tertiary/aromatic N) is 3. The number of thiazole rings is 1. The first-order valence-corrected chi connectivity index (χ1v) is 11.5. The Labute approximate surface area is 180 Å². The summed E-state index contributed by atoms with van der Waals surface area (Å²) >= 11 is 1.50. The minimum atomic E-state index is -0.00987. The molecule has 1 aliphatic carbocycles. The van der Waals surface area contributed by atoms with Crippen molar-refractivity contribution in [1.29, 1.82) is 0 Å². The van der Waals surface area contributed by atoms with Crippen molar-refractivity contribution < 1.29 is 9.47 Å². The Morgan fingerprint density at radius 3 is 2.93 bits per heavy atom. The molecule has 5 rings (SSSR count). The summed E-state index contributed by atoms with van der Waals surface area (Å²) in [4.78, 5) is 20.5. The molecule has 0 amide bonds. The first kappa shape index (κ1) is 19.6. The molecule has 0 saturated heterocycles. The summed E-state index contributed by atoms with van der Waals surface area (Å²) in [7, 11) is 0. The smallest absolute Gasteiger partial charge is 0.258 e. The van der Waals surface area contributed by atoms with Gasteiger partial charge in [-0.2, -0.15) is 0 Å². The van der Waals surface area contributed by atoms with E-state index in [4.69, 9.17) is 14.5 Å². The molecular formula is C23H27N3O3S. The Morgan fingerprint density at radius 2 is 2.03 bits per heavy atom. The third-order valence-corrected chi connectivity index (χ3v) is 7.43. The largest absolute Gasteiger partial charge is 0.454 e. The third-order valence-electron chi connectivity index (χ3n) is 6.68. The highest BCUT2D eigenvalue weighted by atomic mass is 32.1. The molecule has 2 aromatic heterocycles. The van der Waals surface area contributed by atoms with Crippen molar-refractivity contribution in [2.75, 3.05) is 6.79 Å². The maximum absolute atomic E-state index is 12.5. The summed E-state index contributed by atoms with van der Waals surface area (Å²) in [6, 6.07) is 8.33. The molecule has 30 heavy (non-hydrogen) atoms. The number of ether oxygens (including phenoxy) is 2. The van der Waals surface area contributed by atoms with Crippen LogP contribution < -0.4 is 15.0 Å². The van der Waals surface area contributed by atoms with Gasteiger partial charge in [0.1, 0.15) is 0 Å². The Kier molecular flexibility index (Phi) is 5.25. The van der Waals surface area contributed by atoms with Gasteiger partial charge in [-0.25, -0.2) is 4.98 Å². The molecule has 3 aromatic rings. The lowest BCUT2D eigenvalue weighted by atomic mass is 9.77. The number of fused-ring (bicyclic) bond motifs is 2. The standard InChI is InChI=1S/C23H27N3O3S/c1-15-4-3-5-19(16(15)2)25(12-17-6-7-20-21(10-17)29-14-28-20)13-18-11-22(27)26-8-9-30-23(26)24-18/h6-11,15-16,19H,3-5,12-14H2,1-2H3. The van der Waals surface area contributed by atoms with Crippen molar-refractivity contribution in [2.24, 2.45) is 11.8 Å². The minimum Gasteiger partial charge on any atom is -0.454 e. The highest BCUT2D eigenvalue weighted by Crippen LogP contribution is 2.36. The van der Waals surface area contributed by atoms with Crippen molar-refractivity contribution in [3.05, 3.63) is 57.5 Å². The fourth-order valence-corrected chi connectivity index (χ4v) is 5.55. The molecule has 1 fully saturated rings. The molecular weight excluding hydrogens is 398 g/mol. The fourth-order valence-electron chi connectivity index (χ4n) is 4.81. The average Bonchev–Trinajstić information content (AvgIpc) is 3.38. The first-order chi connectivity index (χ1) is 14.6. The van der Waals surface area contributed by atoms with Crippen molar-refractivity contribution in [1.82, 2.24) is 14.3 Å². The predicted molar refractivity (Wildman–Crippen MR) is 117 cm³/mol. The van der Waals surface area contributed by atoms with Crippen molar-refractivity contribution in [2.45, 2.75) is 52.2 Å². The molecule has 0 N–H and O–H groups in total. The minimum absolute atomic E-state index is 0.00987. The van der Waals surface area contributed by atoms with E-state index in [1.807, 2.05) is 11.4 Å². The number of hydrogen-bond acceptors (Lipinski definition) is 6. The van der Waals surface area contributed by atoms with Crippen LogP contribution in [0.5, 0.6) is 11.5 Å². The van der Waals surface area contributed by atoms with Crippen LogP contribution in [0.25, 0.3) is 4.96 Å². The second kappa shape index (κ2) is 8.04. The summed E-state index contributed by atoms with van der Waals surface area (Å²) in [6.07, 6.45) is 5.49. The van der Waals surface area contributed by atoms with Gasteiger partial charge >= 0.3 is 0 Å². The molecule has 7 heteroatoms. The van der Waals surface area contributed by atoms with E-state index in [1.165, 1.54) is 36.2 Å². The Hall–Kier alpha value is -2.38. The lowest BCUT2D eigenvalue weighted by molar-refractivity contribution is 0.0676. The van der Waals surface area contributed by atoms with Crippen LogP contribution in [0.2, 0.25) is 0 Å². The maximum atomic E-state index is 12.5. The summed E-state index contributed by atoms with van der Waals surface area (Å²) in [5.41, 5.74) is 2.02. The van der Waals surface area contributed by atoms with E-state index >= 15 is 0 Å².